The van der Waals surface area contributed by atoms with Gasteiger partial charge in [0, 0.05) is 86.2 Å². The van der Waals surface area contributed by atoms with Crippen molar-refractivity contribution in [3.05, 3.63) is 121 Å². The number of amides is 2. The summed E-state index contributed by atoms with van der Waals surface area (Å²) in [5.74, 6) is 2.61. The highest BCUT2D eigenvalue weighted by atomic mass is 32.2. The van der Waals surface area contributed by atoms with E-state index in [1.54, 1.807) is 29.7 Å². The molecule has 0 spiro atoms. The number of nitrogens with one attached hydrogen (secondary N) is 2. The van der Waals surface area contributed by atoms with E-state index in [1.807, 2.05) is 35.9 Å². The van der Waals surface area contributed by atoms with Crippen LogP contribution in [0.5, 0.6) is 0 Å². The van der Waals surface area contributed by atoms with Crippen molar-refractivity contribution in [2.24, 2.45) is 11.8 Å². The third-order valence-corrected chi connectivity index (χ3v) is 15.0. The van der Waals surface area contributed by atoms with Gasteiger partial charge in [0.05, 0.1) is 21.6 Å². The number of benzene rings is 4. The van der Waals surface area contributed by atoms with Gasteiger partial charge in [-0.3, -0.25) is 19.4 Å². The number of hydrogen-bond donors (Lipinski definition) is 2. The van der Waals surface area contributed by atoms with Gasteiger partial charge in [-0.1, -0.05) is 79.7 Å². The first-order valence-electron chi connectivity index (χ1n) is 20.4. The number of thiazole rings is 2. The second-order valence-electron chi connectivity index (χ2n) is 15.2. The van der Waals surface area contributed by atoms with Crippen LogP contribution < -0.4 is 10.6 Å². The second-order valence-corrected chi connectivity index (χ2v) is 19.7. The van der Waals surface area contributed by atoms with Gasteiger partial charge in [-0.2, -0.15) is 0 Å². The van der Waals surface area contributed by atoms with E-state index in [9.17, 15) is 9.59 Å². The van der Waals surface area contributed by atoms with Gasteiger partial charge in [0.25, 0.3) is 0 Å². The molecule has 2 aromatic heterocycles. The summed E-state index contributed by atoms with van der Waals surface area (Å²) in [5.41, 5.74) is 7.16. The van der Waals surface area contributed by atoms with E-state index in [0.29, 0.717) is 0 Å². The van der Waals surface area contributed by atoms with Crippen LogP contribution in [0.15, 0.2) is 119 Å². The minimum absolute atomic E-state index is 0.0764. The molecule has 304 valence electrons. The number of thioether (sulfide) groups is 2. The van der Waals surface area contributed by atoms with Crippen molar-refractivity contribution in [1.29, 1.82) is 0 Å². The summed E-state index contributed by atoms with van der Waals surface area (Å²) < 4.78 is 0. The molecular weight excluding hydrogens is 809 g/mol. The molecule has 0 unspecified atom stereocenters. The first-order valence-corrected chi connectivity index (χ1v) is 24.0. The largest absolute Gasteiger partial charge is 0.359 e. The van der Waals surface area contributed by atoms with Crippen molar-refractivity contribution in [2.75, 3.05) is 51.3 Å². The van der Waals surface area contributed by atoms with Crippen molar-refractivity contribution in [3.63, 3.8) is 0 Å². The summed E-state index contributed by atoms with van der Waals surface area (Å²) in [7, 11) is 1.70. The van der Waals surface area contributed by atoms with Gasteiger partial charge in [0.1, 0.15) is 10.0 Å². The zero-order chi connectivity index (χ0) is 40.6. The monoisotopic (exact) mass is 858 g/mol. The Morgan fingerprint density at radius 3 is 1.56 bits per heavy atom. The van der Waals surface area contributed by atoms with Crippen LogP contribution >= 0.6 is 46.2 Å². The normalized spacial score (nSPS) is 14.8. The molecule has 0 radical (unpaired) electrons. The molecule has 12 heteroatoms. The summed E-state index contributed by atoms with van der Waals surface area (Å²) in [6.07, 6.45) is 5.98. The maximum atomic E-state index is 12.8. The van der Waals surface area contributed by atoms with E-state index < -0.39 is 0 Å². The molecule has 2 amide bonds. The van der Waals surface area contributed by atoms with Crippen LogP contribution in [0.1, 0.15) is 30.9 Å². The van der Waals surface area contributed by atoms with Crippen molar-refractivity contribution in [1.82, 2.24) is 30.4 Å². The van der Waals surface area contributed by atoms with Crippen LogP contribution in [0, 0.1) is 11.8 Å². The Balaban J connectivity index is 0.692. The van der Waals surface area contributed by atoms with Gasteiger partial charge in [-0.05, 0) is 70.9 Å². The zero-order valence-corrected chi connectivity index (χ0v) is 36.8. The van der Waals surface area contributed by atoms with Crippen LogP contribution in [0.2, 0.25) is 0 Å². The van der Waals surface area contributed by atoms with E-state index >= 15 is 0 Å². The van der Waals surface area contributed by atoms with E-state index in [0.717, 1.165) is 96.2 Å². The summed E-state index contributed by atoms with van der Waals surface area (Å²) in [6.45, 7) is 7.88. The maximum Gasteiger partial charge on any atom is 0.225 e. The van der Waals surface area contributed by atoms with Crippen molar-refractivity contribution >= 4 is 58.0 Å². The van der Waals surface area contributed by atoms with Crippen molar-refractivity contribution < 1.29 is 9.59 Å². The standard InChI is InChI=1S/C47H50N6O2S4/c1-3-56-40-18-14-34(15-19-40)42-24-50-46(58-42)37-12-8-33(9-13-37)27-53-30-39(31-53)45(55)49-22-4-5-23-57-41-20-16-35(17-21-41)43-25-51-47(59-43)36-10-6-32(7-11-36)26-52-28-38(29-52)44(54)48-2/h6-21,24-25,38-39H,3-5,22-23,26-31H2,1-2H3,(H,48,54)(H,49,55). The number of rotatable bonds is 18. The molecule has 0 aliphatic carbocycles. The fourth-order valence-corrected chi connectivity index (χ4v) is 10.8. The first-order chi connectivity index (χ1) is 28.9. The first kappa shape index (κ1) is 41.4. The number of carbonyl (C=O) groups excluding carboxylic acids is 2. The van der Waals surface area contributed by atoms with Gasteiger partial charge in [0.2, 0.25) is 11.8 Å². The quantitative estimate of drug-likeness (QED) is 0.0653. The lowest BCUT2D eigenvalue weighted by atomic mass is 9.98. The Morgan fingerprint density at radius 2 is 1.08 bits per heavy atom. The highest BCUT2D eigenvalue weighted by Crippen LogP contribution is 2.35. The molecule has 4 heterocycles. The van der Waals surface area contributed by atoms with Crippen LogP contribution in [-0.2, 0) is 22.7 Å². The van der Waals surface area contributed by atoms with Crippen LogP contribution in [0.25, 0.3) is 42.0 Å². The molecule has 0 saturated carbocycles. The summed E-state index contributed by atoms with van der Waals surface area (Å²) in [4.78, 5) is 43.5. The average molecular weight is 859 g/mol. The highest BCUT2D eigenvalue weighted by molar-refractivity contribution is 7.99. The van der Waals surface area contributed by atoms with Gasteiger partial charge in [-0.15, -0.1) is 46.2 Å². The van der Waals surface area contributed by atoms with Crippen LogP contribution in [0.4, 0.5) is 0 Å². The minimum Gasteiger partial charge on any atom is -0.359 e. The molecular formula is C47H50N6O2S4. The smallest absolute Gasteiger partial charge is 0.225 e. The van der Waals surface area contributed by atoms with Crippen molar-refractivity contribution in [2.45, 2.75) is 42.6 Å². The zero-order valence-electron chi connectivity index (χ0n) is 33.6. The van der Waals surface area contributed by atoms with Gasteiger partial charge >= 0.3 is 0 Å². The Kier molecular flexibility index (Phi) is 13.9. The molecule has 2 aliphatic heterocycles. The number of hydrogen-bond acceptors (Lipinski definition) is 10. The van der Waals surface area contributed by atoms with E-state index in [-0.39, 0.29) is 23.7 Å². The lowest BCUT2D eigenvalue weighted by Crippen LogP contribution is -2.53. The Morgan fingerprint density at radius 1 is 0.627 bits per heavy atom. The molecule has 2 aliphatic rings. The Labute approximate surface area is 364 Å². The Hall–Kier alpha value is -4.30. The number of carbonyl (C=O) groups is 2. The SMILES string of the molecule is CCSc1ccc(-c2cnc(-c3ccc(CN4CC(C(=O)NCCCCSc5ccc(-c6cnc(-c7ccc(CN8CC(C(=O)NC)C8)cc7)s6)cc5)C4)cc3)s2)cc1. The molecule has 4 aromatic carbocycles. The molecule has 0 bridgehead atoms. The summed E-state index contributed by atoms with van der Waals surface area (Å²) >= 11 is 7.16. The van der Waals surface area contributed by atoms with E-state index in [2.05, 4.69) is 124 Å². The average Bonchev–Trinajstić information content (AvgIpc) is 3.94. The fraction of sp³-hybridized carbons (Fsp3) is 0.319. The molecule has 59 heavy (non-hydrogen) atoms. The highest BCUT2D eigenvalue weighted by Gasteiger charge is 2.33. The third kappa shape index (κ3) is 10.7. The lowest BCUT2D eigenvalue weighted by molar-refractivity contribution is -0.131. The minimum atomic E-state index is 0.0764. The second kappa shape index (κ2) is 19.8. The third-order valence-electron chi connectivity index (χ3n) is 10.9. The molecule has 8 rings (SSSR count). The van der Waals surface area contributed by atoms with Crippen molar-refractivity contribution in [3.8, 4) is 42.0 Å². The maximum absolute atomic E-state index is 12.8. The molecule has 8 nitrogen and oxygen atoms in total. The van der Waals surface area contributed by atoms with Crippen LogP contribution in [-0.4, -0.2) is 82.9 Å². The molecule has 2 N–H and O–H groups in total. The molecule has 2 fully saturated rings. The van der Waals surface area contributed by atoms with Gasteiger partial charge in [-0.25, -0.2) is 9.97 Å². The topological polar surface area (TPSA) is 90.5 Å². The fourth-order valence-electron chi connectivity index (χ4n) is 7.41. The Bertz CT molecular complexity index is 2300. The number of aromatic nitrogens is 2. The molecule has 0 atom stereocenters. The van der Waals surface area contributed by atoms with E-state index in [4.69, 9.17) is 9.97 Å². The summed E-state index contributed by atoms with van der Waals surface area (Å²) in [5, 5.41) is 7.97. The predicted octanol–water partition coefficient (Wildman–Crippen LogP) is 9.68. The van der Waals surface area contributed by atoms with Crippen LogP contribution in [0.3, 0.4) is 0 Å². The lowest BCUT2D eigenvalue weighted by Gasteiger charge is -2.38. The molecule has 2 saturated heterocycles. The van der Waals surface area contributed by atoms with Gasteiger partial charge in [0.15, 0.2) is 0 Å². The molecule has 6 aromatic rings. The predicted molar refractivity (Wildman–Crippen MR) is 247 cm³/mol. The van der Waals surface area contributed by atoms with E-state index in [1.165, 1.54) is 36.9 Å². The number of nitrogens with zero attached hydrogens (tertiary/aromatic N) is 4. The van der Waals surface area contributed by atoms with Gasteiger partial charge < -0.3 is 10.6 Å². The number of likely N-dealkylation sites (tertiary alicyclic amines) is 2. The summed E-state index contributed by atoms with van der Waals surface area (Å²) in [6, 6.07) is 34.8. The number of unbranched alkanes of at least 4 members (excludes halogenated alkanes) is 1.